The van der Waals surface area contributed by atoms with Crippen LogP contribution in [0, 0.1) is 0 Å². The third kappa shape index (κ3) is 3.63. The molecule has 29 heavy (non-hydrogen) atoms. The third-order valence-corrected chi connectivity index (χ3v) is 6.17. The van der Waals surface area contributed by atoms with Gasteiger partial charge in [-0.15, -0.1) is 0 Å². The van der Waals surface area contributed by atoms with Crippen LogP contribution in [0.3, 0.4) is 0 Å². The number of Topliss-reactive ketones (excluding diaryl/α,β-unsaturated/α-hetero) is 2. The van der Waals surface area contributed by atoms with Crippen LogP contribution >= 0.6 is 15.9 Å². The van der Waals surface area contributed by atoms with Gasteiger partial charge in [-0.2, -0.15) is 0 Å². The van der Waals surface area contributed by atoms with Gasteiger partial charge >= 0.3 is 0 Å². The zero-order valence-corrected chi connectivity index (χ0v) is 18.6. The molecule has 0 N–H and O–H groups in total. The second kappa shape index (κ2) is 7.98. The maximum atomic E-state index is 12.9. The largest absolute Gasteiger partial charge is 0.493 e. The lowest BCUT2D eigenvalue weighted by Gasteiger charge is -2.36. The molecule has 0 atom stereocenters. The molecule has 3 aliphatic rings. The molecular weight excluding hydrogens is 436 g/mol. The van der Waals surface area contributed by atoms with E-state index in [-0.39, 0.29) is 17.7 Å². The maximum absolute atomic E-state index is 12.9. The minimum Gasteiger partial charge on any atom is -0.493 e. The lowest BCUT2D eigenvalue weighted by molar-refractivity contribution is -0.117. The van der Waals surface area contributed by atoms with Gasteiger partial charge in [0, 0.05) is 42.7 Å². The van der Waals surface area contributed by atoms with Crippen LogP contribution in [0.25, 0.3) is 0 Å². The van der Waals surface area contributed by atoms with Crippen LogP contribution in [0.5, 0.6) is 11.5 Å². The van der Waals surface area contributed by atoms with Crippen LogP contribution in [0.1, 0.15) is 63.9 Å². The molecule has 0 unspecified atom stereocenters. The Labute approximate surface area is 179 Å². The Morgan fingerprint density at radius 1 is 1.00 bits per heavy atom. The average Bonchev–Trinajstić information content (AvgIpc) is 2.68. The van der Waals surface area contributed by atoms with Crippen LogP contribution in [-0.2, 0) is 14.3 Å². The van der Waals surface area contributed by atoms with Crippen molar-refractivity contribution in [1.82, 2.24) is 0 Å². The zero-order chi connectivity index (χ0) is 20.7. The topological polar surface area (TPSA) is 61.8 Å². The van der Waals surface area contributed by atoms with E-state index in [0.717, 1.165) is 47.2 Å². The van der Waals surface area contributed by atoms with Crippen molar-refractivity contribution in [3.05, 3.63) is 44.8 Å². The van der Waals surface area contributed by atoms with Crippen LogP contribution in [0.2, 0.25) is 0 Å². The molecule has 0 fully saturated rings. The number of carbonyl (C=O) groups is 2. The van der Waals surface area contributed by atoms with E-state index in [1.165, 1.54) is 0 Å². The lowest BCUT2D eigenvalue weighted by Crippen LogP contribution is -2.30. The smallest absolute Gasteiger partial charge is 0.175 e. The summed E-state index contributed by atoms with van der Waals surface area (Å²) in [7, 11) is 1.59. The molecule has 0 saturated carbocycles. The number of benzene rings is 1. The van der Waals surface area contributed by atoms with Gasteiger partial charge in [0.15, 0.2) is 23.1 Å². The quantitative estimate of drug-likeness (QED) is 0.603. The number of methoxy groups -OCH3 is 1. The van der Waals surface area contributed by atoms with E-state index in [1.807, 2.05) is 26.0 Å². The number of rotatable bonds is 4. The SMILES string of the molecule is COc1cc(C2C3=C(CCCC3=O)OC3=C2C(=O)CCC3)cc(Br)c1OC(C)C. The first-order valence-electron chi connectivity index (χ1n) is 10.1. The molecule has 2 aliphatic carbocycles. The molecule has 0 radical (unpaired) electrons. The van der Waals surface area contributed by atoms with Gasteiger partial charge in [-0.05, 0) is 60.3 Å². The van der Waals surface area contributed by atoms with Crippen LogP contribution in [-0.4, -0.2) is 24.8 Å². The van der Waals surface area contributed by atoms with Gasteiger partial charge in [0.2, 0.25) is 0 Å². The fraction of sp³-hybridized carbons (Fsp3) is 0.478. The molecule has 0 aromatic heterocycles. The molecule has 4 rings (SSSR count). The molecule has 0 saturated heterocycles. The van der Waals surface area contributed by atoms with Crippen molar-refractivity contribution in [2.45, 2.75) is 64.4 Å². The van der Waals surface area contributed by atoms with Crippen LogP contribution in [0.15, 0.2) is 39.3 Å². The number of carbonyl (C=O) groups excluding carboxylic acids is 2. The summed E-state index contributed by atoms with van der Waals surface area (Å²) >= 11 is 3.60. The first-order valence-corrected chi connectivity index (χ1v) is 10.9. The fourth-order valence-corrected chi connectivity index (χ4v) is 4.96. The van der Waals surface area contributed by atoms with Crippen molar-refractivity contribution in [3.8, 4) is 11.5 Å². The summed E-state index contributed by atoms with van der Waals surface area (Å²) in [4.78, 5) is 25.8. The first-order chi connectivity index (χ1) is 13.9. The van der Waals surface area contributed by atoms with Crippen LogP contribution < -0.4 is 9.47 Å². The Balaban J connectivity index is 1.89. The van der Waals surface area contributed by atoms with E-state index < -0.39 is 5.92 Å². The van der Waals surface area contributed by atoms with Crippen molar-refractivity contribution in [2.24, 2.45) is 0 Å². The standard InChI is InChI=1S/C23H25BrO5/c1-12(2)28-23-14(24)10-13(11-19(23)27-3)20-21-15(25)6-4-8-17(21)29-18-9-5-7-16(26)22(18)20/h10-12,20H,4-9H2,1-3H3. The summed E-state index contributed by atoms with van der Waals surface area (Å²) in [6.07, 6.45) is 4.00. The molecule has 0 bridgehead atoms. The number of ether oxygens (including phenoxy) is 3. The van der Waals surface area contributed by atoms with E-state index in [4.69, 9.17) is 14.2 Å². The van der Waals surface area contributed by atoms with Crippen molar-refractivity contribution in [3.63, 3.8) is 0 Å². The Morgan fingerprint density at radius 3 is 2.10 bits per heavy atom. The molecule has 5 nitrogen and oxygen atoms in total. The summed E-state index contributed by atoms with van der Waals surface area (Å²) in [5.74, 6) is 2.39. The fourth-order valence-electron chi connectivity index (χ4n) is 4.41. The molecule has 1 aliphatic heterocycles. The van der Waals surface area contributed by atoms with Gasteiger partial charge in [-0.25, -0.2) is 0 Å². The summed E-state index contributed by atoms with van der Waals surface area (Å²) in [5.41, 5.74) is 2.12. The number of hydrogen-bond donors (Lipinski definition) is 0. The Kier molecular flexibility index (Phi) is 5.56. The first kappa shape index (κ1) is 20.2. The maximum Gasteiger partial charge on any atom is 0.175 e. The van der Waals surface area contributed by atoms with Gasteiger partial charge in [0.1, 0.15) is 11.5 Å². The average molecular weight is 461 g/mol. The second-order valence-electron chi connectivity index (χ2n) is 7.96. The van der Waals surface area contributed by atoms with E-state index in [1.54, 1.807) is 7.11 Å². The van der Waals surface area contributed by atoms with E-state index in [2.05, 4.69) is 15.9 Å². The minimum atomic E-state index is -0.410. The number of allylic oxidation sites excluding steroid dienone is 4. The predicted molar refractivity (Wildman–Crippen MR) is 112 cm³/mol. The van der Waals surface area contributed by atoms with Crippen molar-refractivity contribution < 1.29 is 23.8 Å². The Hall–Kier alpha value is -2.08. The lowest BCUT2D eigenvalue weighted by atomic mass is 9.73. The highest BCUT2D eigenvalue weighted by atomic mass is 79.9. The highest BCUT2D eigenvalue weighted by Crippen LogP contribution is 2.50. The van der Waals surface area contributed by atoms with Gasteiger partial charge in [-0.3, -0.25) is 9.59 Å². The second-order valence-corrected chi connectivity index (χ2v) is 8.82. The molecule has 0 spiro atoms. The van der Waals surface area contributed by atoms with Gasteiger partial charge in [-0.1, -0.05) is 0 Å². The zero-order valence-electron chi connectivity index (χ0n) is 17.0. The molecular formula is C23H25BrO5. The summed E-state index contributed by atoms with van der Waals surface area (Å²) < 4.78 is 18.3. The normalized spacial score (nSPS) is 19.9. The molecule has 1 aromatic carbocycles. The number of ketones is 2. The Morgan fingerprint density at radius 2 is 1.59 bits per heavy atom. The third-order valence-electron chi connectivity index (χ3n) is 5.58. The summed E-state index contributed by atoms with van der Waals surface area (Å²) in [5, 5.41) is 0. The highest BCUT2D eigenvalue weighted by molar-refractivity contribution is 9.10. The van der Waals surface area contributed by atoms with Gasteiger partial charge < -0.3 is 14.2 Å². The predicted octanol–water partition coefficient (Wildman–Crippen LogP) is 5.37. The molecule has 1 heterocycles. The monoisotopic (exact) mass is 460 g/mol. The van der Waals surface area contributed by atoms with Crippen molar-refractivity contribution in [2.75, 3.05) is 7.11 Å². The number of hydrogen-bond acceptors (Lipinski definition) is 5. The molecule has 154 valence electrons. The number of halogens is 1. The molecule has 6 heteroatoms. The minimum absolute atomic E-state index is 0.0161. The van der Waals surface area contributed by atoms with Crippen LogP contribution in [0.4, 0.5) is 0 Å². The molecule has 1 aromatic rings. The molecule has 0 amide bonds. The highest BCUT2D eigenvalue weighted by Gasteiger charge is 2.42. The van der Waals surface area contributed by atoms with Crippen molar-refractivity contribution in [1.29, 1.82) is 0 Å². The van der Waals surface area contributed by atoms with Gasteiger partial charge in [0.05, 0.1) is 17.7 Å². The van der Waals surface area contributed by atoms with E-state index >= 15 is 0 Å². The van der Waals surface area contributed by atoms with Gasteiger partial charge in [0.25, 0.3) is 0 Å². The van der Waals surface area contributed by atoms with Crippen molar-refractivity contribution >= 4 is 27.5 Å². The van der Waals surface area contributed by atoms with E-state index in [0.29, 0.717) is 35.5 Å². The summed E-state index contributed by atoms with van der Waals surface area (Å²) in [6, 6.07) is 3.83. The Bertz CT molecular complexity index is 899. The van der Waals surface area contributed by atoms with E-state index in [9.17, 15) is 9.59 Å². The summed E-state index contributed by atoms with van der Waals surface area (Å²) in [6.45, 7) is 3.90.